The molecule has 0 radical (unpaired) electrons. The Bertz CT molecular complexity index is 297. The van der Waals surface area contributed by atoms with E-state index in [0.717, 1.165) is 10.9 Å². The van der Waals surface area contributed by atoms with Gasteiger partial charge in [-0.3, -0.25) is 0 Å². The van der Waals surface area contributed by atoms with E-state index >= 15 is 0 Å². The second kappa shape index (κ2) is 4.36. The molecule has 0 spiro atoms. The highest BCUT2D eigenvalue weighted by Crippen LogP contribution is 2.08. The lowest BCUT2D eigenvalue weighted by Crippen LogP contribution is -1.88. The SMILES string of the molecule is Cc1cnc(F)c(C=CCBr)c1. The maximum Gasteiger partial charge on any atom is 0.220 e. The smallest absolute Gasteiger partial charge is 0.220 e. The molecule has 0 aliphatic carbocycles. The summed E-state index contributed by atoms with van der Waals surface area (Å²) in [6, 6.07) is 1.77. The van der Waals surface area contributed by atoms with E-state index in [1.54, 1.807) is 12.1 Å². The summed E-state index contributed by atoms with van der Waals surface area (Å²) in [5, 5.41) is 0.723. The quantitative estimate of drug-likeness (QED) is 0.562. The highest BCUT2D eigenvalue weighted by molar-refractivity contribution is 9.09. The second-order valence-corrected chi connectivity index (χ2v) is 3.10. The number of allylic oxidation sites excluding steroid dienone is 1. The van der Waals surface area contributed by atoms with Crippen LogP contribution in [0, 0.1) is 12.9 Å². The van der Waals surface area contributed by atoms with Crippen molar-refractivity contribution in [3.8, 4) is 0 Å². The number of pyridine rings is 1. The van der Waals surface area contributed by atoms with Crippen LogP contribution in [0.5, 0.6) is 0 Å². The van der Waals surface area contributed by atoms with E-state index in [1.165, 1.54) is 6.20 Å². The van der Waals surface area contributed by atoms with Crippen LogP contribution in [0.2, 0.25) is 0 Å². The van der Waals surface area contributed by atoms with Gasteiger partial charge in [-0.05, 0) is 18.6 Å². The van der Waals surface area contributed by atoms with Crippen LogP contribution < -0.4 is 0 Å². The van der Waals surface area contributed by atoms with Crippen molar-refractivity contribution in [3.05, 3.63) is 35.4 Å². The van der Waals surface area contributed by atoms with Crippen molar-refractivity contribution in [2.24, 2.45) is 0 Å². The van der Waals surface area contributed by atoms with Crippen molar-refractivity contribution in [2.45, 2.75) is 6.92 Å². The molecule has 0 aliphatic heterocycles. The second-order valence-electron chi connectivity index (χ2n) is 2.45. The molecule has 0 atom stereocenters. The summed E-state index contributed by atoms with van der Waals surface area (Å²) in [5.41, 5.74) is 1.50. The van der Waals surface area contributed by atoms with Gasteiger partial charge in [0.15, 0.2) is 0 Å². The first-order chi connectivity index (χ1) is 5.74. The lowest BCUT2D eigenvalue weighted by molar-refractivity contribution is 0.580. The summed E-state index contributed by atoms with van der Waals surface area (Å²) in [7, 11) is 0. The molecule has 1 aromatic rings. The van der Waals surface area contributed by atoms with Crippen molar-refractivity contribution in [3.63, 3.8) is 0 Å². The maximum atomic E-state index is 12.9. The van der Waals surface area contributed by atoms with E-state index in [0.29, 0.717) is 5.56 Å². The third-order valence-corrected chi connectivity index (χ3v) is 1.76. The Balaban J connectivity index is 2.97. The summed E-state index contributed by atoms with van der Waals surface area (Å²) < 4.78 is 12.9. The minimum absolute atomic E-state index is 0.419. The molecule has 1 heterocycles. The van der Waals surface area contributed by atoms with Crippen LogP contribution >= 0.6 is 15.9 Å². The van der Waals surface area contributed by atoms with E-state index in [2.05, 4.69) is 20.9 Å². The number of hydrogen-bond donors (Lipinski definition) is 0. The molecule has 0 saturated carbocycles. The number of hydrogen-bond acceptors (Lipinski definition) is 1. The van der Waals surface area contributed by atoms with Crippen molar-refractivity contribution < 1.29 is 4.39 Å². The van der Waals surface area contributed by atoms with E-state index in [4.69, 9.17) is 0 Å². The van der Waals surface area contributed by atoms with Crippen LogP contribution in [-0.4, -0.2) is 10.3 Å². The molecular formula is C9H9BrFN. The fraction of sp³-hybridized carbons (Fsp3) is 0.222. The first-order valence-corrected chi connectivity index (χ1v) is 4.71. The van der Waals surface area contributed by atoms with Crippen LogP contribution in [-0.2, 0) is 0 Å². The first kappa shape index (κ1) is 9.39. The Morgan fingerprint density at radius 1 is 1.67 bits per heavy atom. The van der Waals surface area contributed by atoms with E-state index < -0.39 is 5.95 Å². The van der Waals surface area contributed by atoms with Gasteiger partial charge in [-0.1, -0.05) is 28.1 Å². The molecule has 0 bridgehead atoms. The van der Waals surface area contributed by atoms with Gasteiger partial charge >= 0.3 is 0 Å². The average Bonchev–Trinajstić information content (AvgIpc) is 2.07. The zero-order valence-corrected chi connectivity index (χ0v) is 8.31. The Hall–Kier alpha value is -0.700. The van der Waals surface area contributed by atoms with Crippen molar-refractivity contribution in [1.82, 2.24) is 4.98 Å². The summed E-state index contributed by atoms with van der Waals surface area (Å²) in [6.07, 6.45) is 5.06. The van der Waals surface area contributed by atoms with Crippen molar-refractivity contribution in [1.29, 1.82) is 0 Å². The summed E-state index contributed by atoms with van der Waals surface area (Å²) in [6.45, 7) is 1.89. The molecule has 64 valence electrons. The van der Waals surface area contributed by atoms with E-state index in [-0.39, 0.29) is 0 Å². The van der Waals surface area contributed by atoms with Crippen LogP contribution in [0.25, 0.3) is 6.08 Å². The maximum absolute atomic E-state index is 12.9. The molecule has 0 aliphatic rings. The number of alkyl halides is 1. The van der Waals surface area contributed by atoms with Gasteiger partial charge in [0.25, 0.3) is 0 Å². The predicted molar refractivity (Wildman–Crippen MR) is 51.8 cm³/mol. The molecule has 1 rings (SSSR count). The third-order valence-electron chi connectivity index (χ3n) is 1.39. The number of aryl methyl sites for hydroxylation is 1. The topological polar surface area (TPSA) is 12.9 Å². The molecule has 0 unspecified atom stereocenters. The van der Waals surface area contributed by atoms with Gasteiger partial charge in [0, 0.05) is 17.1 Å². The standard InChI is InChI=1S/C9H9BrFN/c1-7-5-8(3-2-4-10)9(11)12-6-7/h2-3,5-6H,4H2,1H3. The molecule has 0 saturated heterocycles. The largest absolute Gasteiger partial charge is 0.228 e. The molecule has 0 aromatic carbocycles. The number of aromatic nitrogens is 1. The number of rotatable bonds is 2. The van der Waals surface area contributed by atoms with Gasteiger partial charge in [0.1, 0.15) is 0 Å². The lowest BCUT2D eigenvalue weighted by atomic mass is 10.2. The molecule has 0 amide bonds. The monoisotopic (exact) mass is 229 g/mol. The van der Waals surface area contributed by atoms with Gasteiger partial charge < -0.3 is 0 Å². The summed E-state index contributed by atoms with van der Waals surface area (Å²) in [5.74, 6) is -0.419. The number of halogens is 2. The third kappa shape index (κ3) is 2.41. The van der Waals surface area contributed by atoms with Gasteiger partial charge in [-0.15, -0.1) is 0 Å². The fourth-order valence-electron chi connectivity index (χ4n) is 0.864. The van der Waals surface area contributed by atoms with Gasteiger partial charge in [-0.25, -0.2) is 4.98 Å². The summed E-state index contributed by atoms with van der Waals surface area (Å²) >= 11 is 3.22. The molecular weight excluding hydrogens is 221 g/mol. The Kier molecular flexibility index (Phi) is 3.41. The van der Waals surface area contributed by atoms with Crippen LogP contribution in [0.15, 0.2) is 18.3 Å². The van der Waals surface area contributed by atoms with Crippen LogP contribution in [0.4, 0.5) is 4.39 Å². The van der Waals surface area contributed by atoms with Gasteiger partial charge in [-0.2, -0.15) is 4.39 Å². The minimum atomic E-state index is -0.419. The lowest BCUT2D eigenvalue weighted by Gasteiger charge is -1.96. The zero-order chi connectivity index (χ0) is 8.97. The van der Waals surface area contributed by atoms with Gasteiger partial charge in [0.2, 0.25) is 5.95 Å². The highest BCUT2D eigenvalue weighted by Gasteiger charge is 1.98. The van der Waals surface area contributed by atoms with Crippen LogP contribution in [0.3, 0.4) is 0 Å². The average molecular weight is 230 g/mol. The summed E-state index contributed by atoms with van der Waals surface area (Å²) in [4.78, 5) is 3.60. The van der Waals surface area contributed by atoms with Crippen molar-refractivity contribution >= 4 is 22.0 Å². The van der Waals surface area contributed by atoms with E-state index in [1.807, 2.05) is 13.0 Å². The molecule has 1 aromatic heterocycles. The van der Waals surface area contributed by atoms with Gasteiger partial charge in [0.05, 0.1) is 0 Å². The van der Waals surface area contributed by atoms with Crippen molar-refractivity contribution in [2.75, 3.05) is 5.33 Å². The van der Waals surface area contributed by atoms with E-state index in [9.17, 15) is 4.39 Å². The molecule has 3 heteroatoms. The number of nitrogens with zero attached hydrogens (tertiary/aromatic N) is 1. The zero-order valence-electron chi connectivity index (χ0n) is 6.72. The normalized spacial score (nSPS) is 10.9. The minimum Gasteiger partial charge on any atom is -0.228 e. The molecule has 0 N–H and O–H groups in total. The highest BCUT2D eigenvalue weighted by atomic mass is 79.9. The first-order valence-electron chi connectivity index (χ1n) is 3.58. The Morgan fingerprint density at radius 2 is 2.42 bits per heavy atom. The Morgan fingerprint density at radius 3 is 3.08 bits per heavy atom. The predicted octanol–water partition coefficient (Wildman–Crippen LogP) is 2.94. The van der Waals surface area contributed by atoms with Crippen LogP contribution in [0.1, 0.15) is 11.1 Å². The molecule has 12 heavy (non-hydrogen) atoms. The Labute approximate surface area is 79.5 Å². The fourth-order valence-corrected chi connectivity index (χ4v) is 1.05. The molecule has 0 fully saturated rings. The molecule has 1 nitrogen and oxygen atoms in total.